The summed E-state index contributed by atoms with van der Waals surface area (Å²) in [4.78, 5) is 4.17. The Bertz CT molecular complexity index is 1480. The Hall–Kier alpha value is -3.24. The zero-order chi connectivity index (χ0) is 32.4. The van der Waals surface area contributed by atoms with Gasteiger partial charge in [-0.1, -0.05) is 36.6 Å². The summed E-state index contributed by atoms with van der Waals surface area (Å²) >= 11 is 0. The lowest BCUT2D eigenvalue weighted by molar-refractivity contribution is -0.154. The standard InChI is InChI=1S/C37H49N2O7/c1-38-12-10-21-4-3-5-25(14-21)27-16-23(7-9-30(27)41)24-6-8-26-31(42)18-33(46-32(26)17-24)34-28(15-22-11-13-39-19-22)37(45-2)36(44)35(43)29(34)20-40/h7,9,11,13,16,19,21,24-26,31-33,38,40-44H,3-6,8,10,12,14-15,17-18,20H2,1-2H3/q-1. The number of methoxy groups -OCH3 is 1. The molecule has 9 heteroatoms. The van der Waals surface area contributed by atoms with Gasteiger partial charge in [0, 0.05) is 23.5 Å². The Morgan fingerprint density at radius 2 is 1.83 bits per heavy atom. The second kappa shape index (κ2) is 14.3. The van der Waals surface area contributed by atoms with Crippen molar-refractivity contribution in [3.63, 3.8) is 0 Å². The molecule has 1 aromatic heterocycles. The maximum absolute atomic E-state index is 11.5. The van der Waals surface area contributed by atoms with Gasteiger partial charge in [-0.25, -0.2) is 0 Å². The number of fused-ring (bicyclic) bond motifs is 1. The molecule has 0 radical (unpaired) electrons. The zero-order valence-electron chi connectivity index (χ0n) is 27.0. The van der Waals surface area contributed by atoms with E-state index < -0.39 is 30.3 Å². The lowest BCUT2D eigenvalue weighted by atomic mass is 9.71. The first-order valence-corrected chi connectivity index (χ1v) is 16.9. The number of hydrogen-bond donors (Lipinski definition) is 6. The number of benzene rings is 2. The highest BCUT2D eigenvalue weighted by molar-refractivity contribution is 5.64. The number of ether oxygens (including phenoxy) is 2. The van der Waals surface area contributed by atoms with E-state index in [1.807, 2.05) is 25.2 Å². The molecule has 6 N–H and O–H groups in total. The van der Waals surface area contributed by atoms with Gasteiger partial charge < -0.3 is 45.3 Å². The molecule has 46 heavy (non-hydrogen) atoms. The van der Waals surface area contributed by atoms with Crippen molar-refractivity contribution in [3.8, 4) is 23.0 Å². The molecule has 1 saturated heterocycles. The molecule has 0 bridgehead atoms. The predicted molar refractivity (Wildman–Crippen MR) is 174 cm³/mol. The minimum atomic E-state index is -0.626. The monoisotopic (exact) mass is 633 g/mol. The summed E-state index contributed by atoms with van der Waals surface area (Å²) in [7, 11) is 3.43. The average Bonchev–Trinajstić information content (AvgIpc) is 3.58. The summed E-state index contributed by atoms with van der Waals surface area (Å²) in [6, 6.07) is 7.99. The summed E-state index contributed by atoms with van der Waals surface area (Å²) in [5.41, 5.74) is 4.47. The summed E-state index contributed by atoms with van der Waals surface area (Å²) in [6.07, 6.45) is 10.8. The van der Waals surface area contributed by atoms with Gasteiger partial charge in [0.2, 0.25) is 5.75 Å². The maximum Gasteiger partial charge on any atom is 0.201 e. The summed E-state index contributed by atoms with van der Waals surface area (Å²) < 4.78 is 12.4. The Morgan fingerprint density at radius 1 is 0.978 bits per heavy atom. The molecule has 3 aromatic rings. The van der Waals surface area contributed by atoms with Gasteiger partial charge in [0.15, 0.2) is 11.5 Å². The second-order valence-corrected chi connectivity index (χ2v) is 13.7. The lowest BCUT2D eigenvalue weighted by Crippen LogP contribution is -2.44. The van der Waals surface area contributed by atoms with Crippen LogP contribution in [0.3, 0.4) is 0 Å². The predicted octanol–water partition coefficient (Wildman–Crippen LogP) is 5.51. The van der Waals surface area contributed by atoms with E-state index in [1.165, 1.54) is 25.5 Å². The molecule has 3 aliphatic rings. The molecular weight excluding hydrogens is 584 g/mol. The third-order valence-electron chi connectivity index (χ3n) is 11.0. The number of aromatic nitrogens is 1. The first-order valence-electron chi connectivity index (χ1n) is 16.9. The molecule has 2 aromatic carbocycles. The normalized spacial score (nSPS) is 28.1. The minimum absolute atomic E-state index is 0.0247. The van der Waals surface area contributed by atoms with Gasteiger partial charge >= 0.3 is 0 Å². The van der Waals surface area contributed by atoms with Crippen LogP contribution < -0.4 is 15.0 Å². The van der Waals surface area contributed by atoms with E-state index in [1.54, 1.807) is 12.4 Å². The fourth-order valence-corrected chi connectivity index (χ4v) is 8.64. The van der Waals surface area contributed by atoms with Crippen LogP contribution in [0.25, 0.3) is 0 Å². The number of aliphatic hydroxyl groups is 2. The van der Waals surface area contributed by atoms with E-state index in [0.717, 1.165) is 56.2 Å². The molecule has 2 aliphatic carbocycles. The van der Waals surface area contributed by atoms with Crippen LogP contribution in [0.15, 0.2) is 36.7 Å². The number of nitrogens with one attached hydrogen (secondary N) is 1. The largest absolute Gasteiger partial charge is 0.670 e. The van der Waals surface area contributed by atoms with Gasteiger partial charge in [-0.2, -0.15) is 12.4 Å². The van der Waals surface area contributed by atoms with Gasteiger partial charge in [-0.15, -0.1) is 0 Å². The third kappa shape index (κ3) is 6.47. The third-order valence-corrected chi connectivity index (χ3v) is 11.0. The van der Waals surface area contributed by atoms with E-state index in [0.29, 0.717) is 41.6 Å². The van der Waals surface area contributed by atoms with Crippen LogP contribution in [0.2, 0.25) is 0 Å². The van der Waals surface area contributed by atoms with Gasteiger partial charge in [0.25, 0.3) is 0 Å². The molecule has 7 unspecified atom stereocenters. The van der Waals surface area contributed by atoms with Gasteiger partial charge in [0.1, 0.15) is 5.75 Å². The number of hydrogen-bond acceptors (Lipinski definition) is 8. The molecule has 3 fully saturated rings. The van der Waals surface area contributed by atoms with Gasteiger partial charge in [-0.05, 0) is 99.0 Å². The molecule has 2 heterocycles. The summed E-state index contributed by atoms with van der Waals surface area (Å²) in [5, 5.41) is 57.8. The van der Waals surface area contributed by atoms with Gasteiger partial charge in [0.05, 0.1) is 32.0 Å². The first kappa shape index (κ1) is 32.7. The van der Waals surface area contributed by atoms with E-state index in [4.69, 9.17) is 9.47 Å². The van der Waals surface area contributed by atoms with Crippen LogP contribution in [0.4, 0.5) is 0 Å². The highest BCUT2D eigenvalue weighted by Gasteiger charge is 2.44. The van der Waals surface area contributed by atoms with E-state index in [-0.39, 0.29) is 29.3 Å². The SMILES string of the molecule is CNCCC1CCCC(c2cc(C3CCC4C(O)CC(c5c(CO)c(O)c(O)c(OC)c5Cc5cc[n-]c5)OC4C3)ccc2O)C1. The Morgan fingerprint density at radius 3 is 2.57 bits per heavy atom. The highest BCUT2D eigenvalue weighted by atomic mass is 16.5. The first-order chi connectivity index (χ1) is 22.3. The molecule has 6 rings (SSSR count). The number of rotatable bonds is 10. The molecule has 9 nitrogen and oxygen atoms in total. The second-order valence-electron chi connectivity index (χ2n) is 13.7. The van der Waals surface area contributed by atoms with E-state index in [9.17, 15) is 25.5 Å². The van der Waals surface area contributed by atoms with E-state index >= 15 is 0 Å². The smallest absolute Gasteiger partial charge is 0.201 e. The number of aliphatic hydroxyl groups excluding tert-OH is 2. The van der Waals surface area contributed by atoms with Crippen molar-refractivity contribution in [1.29, 1.82) is 0 Å². The van der Waals surface area contributed by atoms with Crippen LogP contribution >= 0.6 is 0 Å². The van der Waals surface area contributed by atoms with Crippen molar-refractivity contribution >= 4 is 0 Å². The quantitative estimate of drug-likeness (QED) is 0.159. The molecule has 7 atom stereocenters. The van der Waals surface area contributed by atoms with Crippen molar-refractivity contribution in [2.24, 2.45) is 11.8 Å². The fraction of sp³-hybridized carbons (Fsp3) is 0.568. The zero-order valence-corrected chi connectivity index (χ0v) is 27.0. The molecule has 2 saturated carbocycles. The Kier molecular flexibility index (Phi) is 10.1. The number of nitrogens with zero attached hydrogens (tertiary/aromatic N) is 1. The number of phenolic OH excluding ortho intramolecular Hbond substituents is 2. The molecule has 0 spiro atoms. The maximum atomic E-state index is 11.5. The van der Waals surface area contributed by atoms with E-state index in [2.05, 4.69) is 16.4 Å². The summed E-state index contributed by atoms with van der Waals surface area (Å²) in [5.74, 6) is 0.856. The molecule has 0 amide bonds. The van der Waals surface area contributed by atoms with Crippen LogP contribution in [0.5, 0.6) is 23.0 Å². The van der Waals surface area contributed by atoms with Crippen LogP contribution in [-0.4, -0.2) is 58.4 Å². The van der Waals surface area contributed by atoms with Crippen molar-refractivity contribution in [1.82, 2.24) is 10.3 Å². The Labute approximate surface area is 271 Å². The molecular formula is C37H49N2O7-. The Balaban J connectivity index is 1.27. The van der Waals surface area contributed by atoms with Crippen LogP contribution in [0, 0.1) is 11.8 Å². The van der Waals surface area contributed by atoms with Crippen LogP contribution in [-0.2, 0) is 17.8 Å². The number of phenols is 3. The van der Waals surface area contributed by atoms with Crippen molar-refractivity contribution in [2.75, 3.05) is 20.7 Å². The van der Waals surface area contributed by atoms with Crippen molar-refractivity contribution < 1.29 is 35.0 Å². The van der Waals surface area contributed by atoms with Crippen molar-refractivity contribution in [3.05, 3.63) is 70.0 Å². The van der Waals surface area contributed by atoms with Crippen molar-refractivity contribution in [2.45, 2.75) is 101 Å². The summed E-state index contributed by atoms with van der Waals surface area (Å²) in [6.45, 7) is 0.508. The lowest BCUT2D eigenvalue weighted by Gasteiger charge is -2.46. The van der Waals surface area contributed by atoms with Crippen LogP contribution in [0.1, 0.15) is 109 Å². The molecule has 250 valence electrons. The average molecular weight is 634 g/mol. The molecule has 1 aliphatic heterocycles. The van der Waals surface area contributed by atoms with Gasteiger partial charge in [-0.3, -0.25) is 0 Å². The topological polar surface area (TPSA) is 146 Å². The minimum Gasteiger partial charge on any atom is -0.670 e. The fourth-order valence-electron chi connectivity index (χ4n) is 8.64. The highest BCUT2D eigenvalue weighted by Crippen LogP contribution is 2.52. The number of aromatic hydroxyl groups is 3.